The first-order chi connectivity index (χ1) is 6.52. The number of halogens is 1. The van der Waals surface area contributed by atoms with Crippen molar-refractivity contribution in [3.63, 3.8) is 0 Å². The minimum atomic E-state index is -0.234. The van der Waals surface area contributed by atoms with E-state index in [-0.39, 0.29) is 17.9 Å². The first-order valence-corrected chi connectivity index (χ1v) is 5.49. The molecule has 0 aliphatic carbocycles. The summed E-state index contributed by atoms with van der Waals surface area (Å²) in [4.78, 5) is 11.2. The van der Waals surface area contributed by atoms with Crippen LogP contribution in [0.25, 0.3) is 0 Å². The van der Waals surface area contributed by atoms with Gasteiger partial charge >= 0.3 is 0 Å². The highest BCUT2D eigenvalue weighted by Crippen LogP contribution is 2.11. The number of aliphatic hydroxyl groups is 1. The Kier molecular flexibility index (Phi) is 6.93. The molecule has 4 heteroatoms. The Balaban J connectivity index is 3.53. The van der Waals surface area contributed by atoms with E-state index in [2.05, 4.69) is 5.32 Å². The van der Waals surface area contributed by atoms with E-state index < -0.39 is 0 Å². The van der Waals surface area contributed by atoms with E-state index in [0.717, 1.165) is 12.8 Å². The number of unbranched alkanes of at least 4 members (excludes halogenated alkanes) is 1. The summed E-state index contributed by atoms with van der Waals surface area (Å²) in [6.45, 7) is 4.41. The molecule has 0 aromatic heterocycles. The molecule has 0 aromatic carbocycles. The molecule has 2 N–H and O–H groups in total. The maximum atomic E-state index is 11.2. The molecule has 0 radical (unpaired) electrons. The zero-order chi connectivity index (χ0) is 11.0. The molecule has 0 unspecified atom stereocenters. The normalized spacial score (nSPS) is 11.4. The van der Waals surface area contributed by atoms with Gasteiger partial charge in [-0.2, -0.15) is 0 Å². The van der Waals surface area contributed by atoms with Crippen molar-refractivity contribution in [2.45, 2.75) is 33.1 Å². The zero-order valence-electron chi connectivity index (χ0n) is 8.98. The quantitative estimate of drug-likeness (QED) is 0.506. The van der Waals surface area contributed by atoms with Crippen LogP contribution in [0, 0.1) is 5.41 Å². The number of carbonyl (C=O) groups is 1. The van der Waals surface area contributed by atoms with Crippen molar-refractivity contribution in [1.82, 2.24) is 5.32 Å². The van der Waals surface area contributed by atoms with Gasteiger partial charge in [-0.25, -0.2) is 0 Å². The third kappa shape index (κ3) is 7.15. The van der Waals surface area contributed by atoms with Gasteiger partial charge in [-0.3, -0.25) is 4.79 Å². The fourth-order valence-corrected chi connectivity index (χ4v) is 1.05. The van der Waals surface area contributed by atoms with Crippen LogP contribution >= 0.6 is 11.6 Å². The lowest BCUT2D eigenvalue weighted by atomic mass is 9.95. The minimum absolute atomic E-state index is 0.0386. The van der Waals surface area contributed by atoms with Crippen LogP contribution in [0.2, 0.25) is 0 Å². The molecule has 0 aromatic rings. The van der Waals surface area contributed by atoms with Crippen molar-refractivity contribution < 1.29 is 9.90 Å². The van der Waals surface area contributed by atoms with E-state index in [0.29, 0.717) is 18.8 Å². The number of rotatable bonds is 7. The fraction of sp³-hybridized carbons (Fsp3) is 0.900. The van der Waals surface area contributed by atoms with Gasteiger partial charge in [0.1, 0.15) is 0 Å². The lowest BCUT2D eigenvalue weighted by molar-refractivity contribution is -0.121. The minimum Gasteiger partial charge on any atom is -0.396 e. The molecule has 0 saturated carbocycles. The van der Waals surface area contributed by atoms with Crippen LogP contribution in [-0.2, 0) is 4.79 Å². The highest BCUT2D eigenvalue weighted by Gasteiger charge is 2.16. The summed E-state index contributed by atoms with van der Waals surface area (Å²) in [5.41, 5.74) is -0.234. The van der Waals surface area contributed by atoms with Crippen LogP contribution < -0.4 is 5.32 Å². The summed E-state index contributed by atoms with van der Waals surface area (Å²) in [6.07, 6.45) is 2.22. The Hall–Kier alpha value is -0.280. The largest absolute Gasteiger partial charge is 0.396 e. The number of amides is 1. The number of carbonyl (C=O) groups excluding carboxylic acids is 1. The van der Waals surface area contributed by atoms with Crippen molar-refractivity contribution in [1.29, 1.82) is 0 Å². The second-order valence-corrected chi connectivity index (χ2v) is 4.62. The second kappa shape index (κ2) is 7.07. The van der Waals surface area contributed by atoms with Gasteiger partial charge in [0, 0.05) is 30.9 Å². The van der Waals surface area contributed by atoms with E-state index in [4.69, 9.17) is 16.7 Å². The summed E-state index contributed by atoms with van der Waals surface area (Å²) in [5.74, 6) is 0.645. The Bertz CT molecular complexity index is 172. The van der Waals surface area contributed by atoms with Gasteiger partial charge in [-0.15, -0.1) is 11.6 Å². The smallest absolute Gasteiger partial charge is 0.220 e. The first-order valence-electron chi connectivity index (χ1n) is 4.95. The topological polar surface area (TPSA) is 49.3 Å². The van der Waals surface area contributed by atoms with Crippen LogP contribution in [0.15, 0.2) is 0 Å². The Morgan fingerprint density at radius 2 is 2.07 bits per heavy atom. The van der Waals surface area contributed by atoms with Gasteiger partial charge in [0.15, 0.2) is 0 Å². The van der Waals surface area contributed by atoms with Gasteiger partial charge in [-0.1, -0.05) is 13.8 Å². The van der Waals surface area contributed by atoms with Crippen molar-refractivity contribution in [3.05, 3.63) is 0 Å². The summed E-state index contributed by atoms with van der Waals surface area (Å²) >= 11 is 5.49. The molecule has 0 heterocycles. The molecule has 1 amide bonds. The third-order valence-corrected chi connectivity index (χ3v) is 2.25. The molecular weight excluding hydrogens is 202 g/mol. The molecule has 0 saturated heterocycles. The monoisotopic (exact) mass is 221 g/mol. The van der Waals surface area contributed by atoms with Gasteiger partial charge in [-0.05, 0) is 12.8 Å². The number of aliphatic hydroxyl groups excluding tert-OH is 1. The average Bonchev–Trinajstić information content (AvgIpc) is 2.16. The van der Waals surface area contributed by atoms with Crippen LogP contribution in [0.3, 0.4) is 0 Å². The predicted molar refractivity (Wildman–Crippen MR) is 58.4 cm³/mol. The van der Waals surface area contributed by atoms with Gasteiger partial charge in [0.2, 0.25) is 5.91 Å². The van der Waals surface area contributed by atoms with Gasteiger partial charge < -0.3 is 10.4 Å². The maximum absolute atomic E-state index is 11.2. The Morgan fingerprint density at radius 1 is 1.43 bits per heavy atom. The number of alkyl halides is 1. The SMILES string of the molecule is CC(C)(CO)CNC(=O)CCCCCl. The van der Waals surface area contributed by atoms with E-state index >= 15 is 0 Å². The fourth-order valence-electron chi connectivity index (χ4n) is 0.862. The highest BCUT2D eigenvalue weighted by molar-refractivity contribution is 6.17. The van der Waals surface area contributed by atoms with Crippen molar-refractivity contribution in [2.75, 3.05) is 19.0 Å². The summed E-state index contributed by atoms with van der Waals surface area (Å²) in [5, 5.41) is 11.7. The molecule has 0 atom stereocenters. The third-order valence-electron chi connectivity index (χ3n) is 1.98. The summed E-state index contributed by atoms with van der Waals surface area (Å²) in [7, 11) is 0. The first kappa shape index (κ1) is 13.7. The molecule has 3 nitrogen and oxygen atoms in total. The molecule has 0 aliphatic heterocycles. The van der Waals surface area contributed by atoms with Crippen molar-refractivity contribution in [2.24, 2.45) is 5.41 Å². The van der Waals surface area contributed by atoms with Crippen molar-refractivity contribution in [3.8, 4) is 0 Å². The molecule has 84 valence electrons. The Morgan fingerprint density at radius 3 is 2.57 bits per heavy atom. The predicted octanol–water partition coefficient (Wildman–Crippen LogP) is 1.53. The Labute approximate surface area is 90.8 Å². The van der Waals surface area contributed by atoms with E-state index in [9.17, 15) is 4.79 Å². The molecular formula is C10H20ClNO2. The number of hydrogen-bond donors (Lipinski definition) is 2. The maximum Gasteiger partial charge on any atom is 0.220 e. The molecule has 0 fully saturated rings. The lowest BCUT2D eigenvalue weighted by Crippen LogP contribution is -2.35. The molecule has 0 spiro atoms. The van der Waals surface area contributed by atoms with E-state index in [1.165, 1.54) is 0 Å². The zero-order valence-corrected chi connectivity index (χ0v) is 9.73. The second-order valence-electron chi connectivity index (χ2n) is 4.25. The molecule has 0 rings (SSSR count). The van der Waals surface area contributed by atoms with E-state index in [1.807, 2.05) is 13.8 Å². The molecule has 0 bridgehead atoms. The van der Waals surface area contributed by atoms with Crippen LogP contribution in [0.1, 0.15) is 33.1 Å². The van der Waals surface area contributed by atoms with Crippen molar-refractivity contribution >= 4 is 17.5 Å². The average molecular weight is 222 g/mol. The van der Waals surface area contributed by atoms with E-state index in [1.54, 1.807) is 0 Å². The van der Waals surface area contributed by atoms with Gasteiger partial charge in [0.05, 0.1) is 0 Å². The summed E-state index contributed by atoms with van der Waals surface area (Å²) in [6, 6.07) is 0. The number of nitrogens with one attached hydrogen (secondary N) is 1. The molecule has 14 heavy (non-hydrogen) atoms. The van der Waals surface area contributed by atoms with Gasteiger partial charge in [0.25, 0.3) is 0 Å². The number of hydrogen-bond acceptors (Lipinski definition) is 2. The van der Waals surface area contributed by atoms with Crippen LogP contribution in [-0.4, -0.2) is 30.0 Å². The van der Waals surface area contributed by atoms with Crippen LogP contribution in [0.5, 0.6) is 0 Å². The standard InChI is InChI=1S/C10H20ClNO2/c1-10(2,8-13)7-12-9(14)5-3-4-6-11/h13H,3-8H2,1-2H3,(H,12,14). The summed E-state index contributed by atoms with van der Waals surface area (Å²) < 4.78 is 0. The van der Waals surface area contributed by atoms with Crippen LogP contribution in [0.4, 0.5) is 0 Å². The molecule has 0 aliphatic rings. The lowest BCUT2D eigenvalue weighted by Gasteiger charge is -2.21. The highest BCUT2D eigenvalue weighted by atomic mass is 35.5.